The maximum Gasteiger partial charge on any atom is 0.340 e. The Labute approximate surface area is 247 Å². The molecule has 0 fully saturated rings. The first-order valence-electron chi connectivity index (χ1n) is 12.2. The highest BCUT2D eigenvalue weighted by Gasteiger charge is 2.23. The van der Waals surface area contributed by atoms with E-state index in [2.05, 4.69) is 25.8 Å². The molecule has 3 rings (SSSR count). The number of anilines is 3. The molecule has 0 bridgehead atoms. The van der Waals surface area contributed by atoms with E-state index in [1.807, 2.05) is 0 Å². The molecule has 0 aliphatic carbocycles. The molecule has 18 heteroatoms. The number of nitrogen functional groups attached to an aromatic ring is 2. The van der Waals surface area contributed by atoms with Gasteiger partial charge in [0.2, 0.25) is 0 Å². The average molecular weight is 636 g/mol. The second-order valence-electron chi connectivity index (χ2n) is 8.64. The first-order valence-corrected chi connectivity index (χ1v) is 15.5. The summed E-state index contributed by atoms with van der Waals surface area (Å²) in [5.74, 6) is -1.03. The Kier molecular flexibility index (Phi) is 10.7. The topological polar surface area (TPSA) is 258 Å². The second kappa shape index (κ2) is 14.0. The van der Waals surface area contributed by atoms with Crippen molar-refractivity contribution in [3.63, 3.8) is 0 Å². The Hall–Kier alpha value is -4.65. The van der Waals surface area contributed by atoms with Gasteiger partial charge < -0.3 is 31.4 Å². The van der Waals surface area contributed by atoms with Gasteiger partial charge in [0.25, 0.3) is 10.1 Å². The highest BCUT2D eigenvalue weighted by molar-refractivity contribution is 7.91. The number of benzene rings is 3. The number of methoxy groups -OCH3 is 2. The van der Waals surface area contributed by atoms with E-state index in [1.54, 1.807) is 18.2 Å². The van der Waals surface area contributed by atoms with Crippen molar-refractivity contribution in [2.75, 3.05) is 55.7 Å². The van der Waals surface area contributed by atoms with Gasteiger partial charge in [0, 0.05) is 12.2 Å². The molecule has 0 aromatic heterocycles. The van der Waals surface area contributed by atoms with Crippen molar-refractivity contribution in [3.8, 4) is 5.75 Å². The molecule has 3 aromatic rings. The molecule has 0 heterocycles. The molecule has 0 spiro atoms. The van der Waals surface area contributed by atoms with Crippen molar-refractivity contribution >= 4 is 65.7 Å². The molecule has 0 aliphatic heterocycles. The molecular weight excluding hydrogens is 606 g/mol. The van der Waals surface area contributed by atoms with E-state index in [0.29, 0.717) is 5.69 Å². The van der Waals surface area contributed by atoms with E-state index in [9.17, 15) is 26.2 Å². The second-order valence-corrected chi connectivity index (χ2v) is 12.3. The number of nitrogens with zero attached hydrogens (tertiary/aromatic N) is 4. The Morgan fingerprint density at radius 1 is 0.884 bits per heavy atom. The number of ether oxygens (including phenoxy) is 2. The van der Waals surface area contributed by atoms with Crippen LogP contribution in [0, 0.1) is 0 Å². The van der Waals surface area contributed by atoms with Crippen LogP contribution in [-0.2, 0) is 24.7 Å². The Balaban J connectivity index is 2.03. The zero-order valence-electron chi connectivity index (χ0n) is 23.0. The number of sulfone groups is 1. The van der Waals surface area contributed by atoms with Crippen LogP contribution in [0.5, 0.6) is 5.75 Å². The normalized spacial score (nSPS) is 12.1. The number of aliphatic hydroxyl groups is 1. The number of nitrogens with two attached hydrogens (primary N) is 2. The van der Waals surface area contributed by atoms with E-state index in [4.69, 9.17) is 26.0 Å². The fourth-order valence-electron chi connectivity index (χ4n) is 3.59. The number of aliphatic hydroxyl groups excluding tert-OH is 1. The van der Waals surface area contributed by atoms with Crippen LogP contribution in [0.4, 0.5) is 39.8 Å². The monoisotopic (exact) mass is 635 g/mol. The van der Waals surface area contributed by atoms with Crippen LogP contribution in [0.15, 0.2) is 73.9 Å². The van der Waals surface area contributed by atoms with Crippen molar-refractivity contribution in [1.82, 2.24) is 0 Å². The number of esters is 1. The van der Waals surface area contributed by atoms with E-state index in [0.717, 1.165) is 6.07 Å². The van der Waals surface area contributed by atoms with Crippen molar-refractivity contribution in [3.05, 3.63) is 54.1 Å². The third kappa shape index (κ3) is 8.44. The fourth-order valence-corrected chi connectivity index (χ4v) is 5.12. The lowest BCUT2D eigenvalue weighted by molar-refractivity contribution is 0.0601. The Morgan fingerprint density at radius 2 is 1.56 bits per heavy atom. The largest absolute Gasteiger partial charge is 0.494 e. The highest BCUT2D eigenvalue weighted by atomic mass is 32.2. The third-order valence-electron chi connectivity index (χ3n) is 5.75. The van der Waals surface area contributed by atoms with Crippen LogP contribution >= 0.6 is 0 Å². The van der Waals surface area contributed by atoms with Crippen molar-refractivity contribution in [1.29, 1.82) is 0 Å². The number of hydrogen-bond donors (Lipinski definition) is 5. The molecule has 0 saturated heterocycles. The lowest BCUT2D eigenvalue weighted by atomic mass is 10.2. The SMILES string of the molecule is COC(=O)c1ccccc1N=Nc1c(N)c(N=Nc2cc(NCCS(=O)(=O)CCO)ccc2OC)cc(S(=O)(=O)O)c1N. The lowest BCUT2D eigenvalue weighted by Crippen LogP contribution is -2.20. The van der Waals surface area contributed by atoms with Crippen molar-refractivity contribution < 1.29 is 40.8 Å². The number of carbonyl (C=O) groups is 1. The predicted octanol–water partition coefficient (Wildman–Crippen LogP) is 3.54. The smallest absolute Gasteiger partial charge is 0.340 e. The van der Waals surface area contributed by atoms with Crippen LogP contribution in [0.2, 0.25) is 0 Å². The van der Waals surface area contributed by atoms with E-state index in [1.165, 1.54) is 38.5 Å². The highest BCUT2D eigenvalue weighted by Crippen LogP contribution is 2.43. The van der Waals surface area contributed by atoms with Crippen LogP contribution in [0.25, 0.3) is 0 Å². The molecule has 230 valence electrons. The summed E-state index contributed by atoms with van der Waals surface area (Å²) in [6.07, 6.45) is 0. The first kappa shape index (κ1) is 32.9. The number of azo groups is 2. The van der Waals surface area contributed by atoms with Gasteiger partial charge in [0.05, 0.1) is 49.3 Å². The molecule has 0 unspecified atom stereocenters. The summed E-state index contributed by atoms with van der Waals surface area (Å²) in [5, 5.41) is 27.8. The molecule has 16 nitrogen and oxygen atoms in total. The number of carbonyl (C=O) groups excluding carboxylic acids is 1. The summed E-state index contributed by atoms with van der Waals surface area (Å²) in [6, 6.07) is 11.6. The van der Waals surface area contributed by atoms with Gasteiger partial charge in [-0.1, -0.05) is 12.1 Å². The van der Waals surface area contributed by atoms with Gasteiger partial charge in [0.15, 0.2) is 9.84 Å². The van der Waals surface area contributed by atoms with Gasteiger partial charge in [-0.15, -0.1) is 20.5 Å². The summed E-state index contributed by atoms with van der Waals surface area (Å²) >= 11 is 0. The molecule has 0 radical (unpaired) electrons. The summed E-state index contributed by atoms with van der Waals surface area (Å²) in [7, 11) is -5.77. The minimum absolute atomic E-state index is 0.0430. The Bertz CT molecular complexity index is 1780. The molecule has 43 heavy (non-hydrogen) atoms. The van der Waals surface area contributed by atoms with Gasteiger partial charge in [-0.05, 0) is 36.4 Å². The van der Waals surface area contributed by atoms with Crippen LogP contribution < -0.4 is 21.5 Å². The number of hydrogen-bond acceptors (Lipinski definition) is 15. The maximum absolute atomic E-state index is 12.1. The van der Waals surface area contributed by atoms with Crippen LogP contribution in [-0.4, -0.2) is 71.3 Å². The van der Waals surface area contributed by atoms with Gasteiger partial charge in [-0.3, -0.25) is 4.55 Å². The van der Waals surface area contributed by atoms with Gasteiger partial charge in [-0.2, -0.15) is 8.42 Å². The average Bonchev–Trinajstić information content (AvgIpc) is 2.95. The third-order valence-corrected chi connectivity index (χ3v) is 8.28. The molecule has 0 amide bonds. The minimum atomic E-state index is -4.89. The molecule has 0 atom stereocenters. The molecule has 0 saturated carbocycles. The van der Waals surface area contributed by atoms with Crippen LogP contribution in [0.3, 0.4) is 0 Å². The minimum Gasteiger partial charge on any atom is -0.494 e. The number of nitrogens with one attached hydrogen (secondary N) is 1. The fraction of sp³-hybridized carbons (Fsp3) is 0.240. The van der Waals surface area contributed by atoms with E-state index < -0.39 is 43.1 Å². The molecule has 7 N–H and O–H groups in total. The van der Waals surface area contributed by atoms with Crippen molar-refractivity contribution in [2.24, 2.45) is 20.5 Å². The van der Waals surface area contributed by atoms with Crippen LogP contribution in [0.1, 0.15) is 10.4 Å². The quantitative estimate of drug-likeness (QED) is 0.0782. The zero-order chi connectivity index (χ0) is 31.8. The lowest BCUT2D eigenvalue weighted by Gasteiger charge is -2.11. The molecule has 0 aliphatic rings. The molecule has 3 aromatic carbocycles. The first-order chi connectivity index (χ1) is 20.3. The summed E-state index contributed by atoms with van der Waals surface area (Å²) in [5.41, 5.74) is 11.5. The van der Waals surface area contributed by atoms with E-state index >= 15 is 0 Å². The standard InChI is InChI=1S/C25H29N7O9S2/c1-40-20-8-7-15(28-9-11-42(35,36)12-10-33)13-18(20)30-31-19-14-21(43(37,38)39)23(27)24(22(19)26)32-29-17-6-4-3-5-16(17)25(34)41-2/h3-8,13-14,28,33H,9-12,26-27H2,1-2H3,(H,37,38,39). The van der Waals surface area contributed by atoms with E-state index in [-0.39, 0.29) is 57.8 Å². The predicted molar refractivity (Wildman–Crippen MR) is 158 cm³/mol. The Morgan fingerprint density at radius 3 is 2.21 bits per heavy atom. The van der Waals surface area contributed by atoms with Gasteiger partial charge >= 0.3 is 5.97 Å². The molecular formula is C25H29N7O9S2. The summed E-state index contributed by atoms with van der Waals surface area (Å²) in [6.45, 7) is -0.436. The van der Waals surface area contributed by atoms with Crippen molar-refractivity contribution in [2.45, 2.75) is 4.90 Å². The van der Waals surface area contributed by atoms with Gasteiger partial charge in [-0.25, -0.2) is 13.2 Å². The summed E-state index contributed by atoms with van der Waals surface area (Å²) < 4.78 is 67.7. The number of rotatable bonds is 13. The van der Waals surface area contributed by atoms with Gasteiger partial charge in [0.1, 0.15) is 33.4 Å². The maximum atomic E-state index is 12.1. The zero-order valence-corrected chi connectivity index (χ0v) is 24.6. The summed E-state index contributed by atoms with van der Waals surface area (Å²) in [4.78, 5) is 11.3.